The standard InChI is InChI=1S/C27H36F4N2O3/c1-6-19(13-25(34)35)20-11-23(28)26(33(14-17(2)3)15-18(4)5)24(12-20)32-21-7-9-22(10-8-21)36-16-27(29,30)31/h7-12,17-19,32H,6,13-16H2,1-5H3,(H,34,35). The summed E-state index contributed by atoms with van der Waals surface area (Å²) in [5.41, 5.74) is 1.96. The Kier molecular flexibility index (Phi) is 10.4. The molecule has 1 unspecified atom stereocenters. The van der Waals surface area contributed by atoms with Crippen LogP contribution < -0.4 is 15.0 Å². The van der Waals surface area contributed by atoms with Gasteiger partial charge in [0.05, 0.1) is 17.8 Å². The number of carbonyl (C=O) groups is 1. The topological polar surface area (TPSA) is 61.8 Å². The summed E-state index contributed by atoms with van der Waals surface area (Å²) in [4.78, 5) is 13.3. The van der Waals surface area contributed by atoms with Crippen molar-refractivity contribution in [3.8, 4) is 5.75 Å². The Morgan fingerprint density at radius 1 is 1.06 bits per heavy atom. The van der Waals surface area contributed by atoms with Crippen LogP contribution in [0.15, 0.2) is 36.4 Å². The monoisotopic (exact) mass is 512 g/mol. The Labute approximate surface area is 210 Å². The zero-order chi connectivity index (χ0) is 27.0. The van der Waals surface area contributed by atoms with Crippen LogP contribution in [-0.4, -0.2) is 36.9 Å². The van der Waals surface area contributed by atoms with E-state index in [2.05, 4.69) is 5.32 Å². The number of aliphatic carboxylic acids is 1. The number of hydrogen-bond donors (Lipinski definition) is 2. The molecule has 0 saturated carbocycles. The highest BCUT2D eigenvalue weighted by molar-refractivity contribution is 5.77. The van der Waals surface area contributed by atoms with E-state index in [0.717, 1.165) is 0 Å². The normalized spacial score (nSPS) is 12.6. The molecule has 0 fully saturated rings. The first-order chi connectivity index (χ1) is 16.8. The van der Waals surface area contributed by atoms with Gasteiger partial charge in [-0.15, -0.1) is 0 Å². The van der Waals surface area contributed by atoms with Crippen molar-refractivity contribution in [3.05, 3.63) is 47.8 Å². The molecule has 2 aromatic carbocycles. The average molecular weight is 513 g/mol. The maximum absolute atomic E-state index is 15.7. The lowest BCUT2D eigenvalue weighted by Crippen LogP contribution is -2.32. The fourth-order valence-electron chi connectivity index (χ4n) is 4.07. The van der Waals surface area contributed by atoms with Crippen LogP contribution in [0.4, 0.5) is 34.6 Å². The van der Waals surface area contributed by atoms with Crippen molar-refractivity contribution < 1.29 is 32.2 Å². The van der Waals surface area contributed by atoms with E-state index in [1.54, 1.807) is 18.2 Å². The van der Waals surface area contributed by atoms with E-state index in [0.29, 0.717) is 42.1 Å². The van der Waals surface area contributed by atoms with Crippen LogP contribution in [-0.2, 0) is 4.79 Å². The van der Waals surface area contributed by atoms with Crippen LogP contribution in [0.2, 0.25) is 0 Å². The van der Waals surface area contributed by atoms with E-state index in [1.165, 1.54) is 18.2 Å². The van der Waals surface area contributed by atoms with E-state index in [9.17, 15) is 23.1 Å². The molecule has 200 valence electrons. The highest BCUT2D eigenvalue weighted by Gasteiger charge is 2.28. The molecule has 0 radical (unpaired) electrons. The molecular formula is C27H36F4N2O3. The van der Waals surface area contributed by atoms with Crippen molar-refractivity contribution in [2.45, 2.75) is 59.6 Å². The van der Waals surface area contributed by atoms with Crippen molar-refractivity contribution in [1.29, 1.82) is 0 Å². The van der Waals surface area contributed by atoms with E-state index in [-0.39, 0.29) is 29.9 Å². The third-order valence-corrected chi connectivity index (χ3v) is 5.49. The molecule has 0 aliphatic rings. The van der Waals surface area contributed by atoms with Gasteiger partial charge in [-0.05, 0) is 66.1 Å². The van der Waals surface area contributed by atoms with Crippen LogP contribution in [0.1, 0.15) is 58.9 Å². The van der Waals surface area contributed by atoms with Crippen LogP contribution in [0, 0.1) is 17.7 Å². The number of benzene rings is 2. The molecular weight excluding hydrogens is 476 g/mol. The molecule has 2 N–H and O–H groups in total. The Morgan fingerprint density at radius 2 is 1.64 bits per heavy atom. The predicted molar refractivity (Wildman–Crippen MR) is 135 cm³/mol. The van der Waals surface area contributed by atoms with Gasteiger partial charge in [-0.3, -0.25) is 4.79 Å². The lowest BCUT2D eigenvalue weighted by atomic mass is 9.92. The summed E-state index contributed by atoms with van der Waals surface area (Å²) < 4.78 is 57.8. The first-order valence-electron chi connectivity index (χ1n) is 12.2. The van der Waals surface area contributed by atoms with Crippen molar-refractivity contribution in [1.82, 2.24) is 0 Å². The fraction of sp³-hybridized carbons (Fsp3) is 0.519. The van der Waals surface area contributed by atoms with Gasteiger partial charge in [0.15, 0.2) is 6.61 Å². The van der Waals surface area contributed by atoms with Crippen LogP contribution in [0.3, 0.4) is 0 Å². The second kappa shape index (κ2) is 12.8. The predicted octanol–water partition coefficient (Wildman–Crippen LogP) is 7.60. The summed E-state index contributed by atoms with van der Waals surface area (Å²) >= 11 is 0. The van der Waals surface area contributed by atoms with E-state index < -0.39 is 24.6 Å². The minimum atomic E-state index is -4.44. The second-order valence-corrected chi connectivity index (χ2v) is 9.85. The van der Waals surface area contributed by atoms with Gasteiger partial charge in [-0.25, -0.2) is 4.39 Å². The quantitative estimate of drug-likeness (QED) is 0.271. The van der Waals surface area contributed by atoms with Gasteiger partial charge >= 0.3 is 12.1 Å². The van der Waals surface area contributed by atoms with Crippen LogP contribution in [0.25, 0.3) is 0 Å². The van der Waals surface area contributed by atoms with Crippen LogP contribution in [0.5, 0.6) is 5.75 Å². The number of halogens is 4. The van der Waals surface area contributed by atoms with Crippen LogP contribution >= 0.6 is 0 Å². The van der Waals surface area contributed by atoms with Crippen molar-refractivity contribution in [2.75, 3.05) is 29.9 Å². The van der Waals surface area contributed by atoms with E-state index in [1.807, 2.05) is 39.5 Å². The summed E-state index contributed by atoms with van der Waals surface area (Å²) in [6.07, 6.45) is -4.04. The molecule has 0 amide bonds. The molecule has 0 bridgehead atoms. The summed E-state index contributed by atoms with van der Waals surface area (Å²) in [6, 6.07) is 9.13. The number of carboxylic acid groups (broad SMARTS) is 1. The van der Waals surface area contributed by atoms with Crippen molar-refractivity contribution in [2.24, 2.45) is 11.8 Å². The van der Waals surface area contributed by atoms with E-state index in [4.69, 9.17) is 4.74 Å². The number of hydrogen-bond acceptors (Lipinski definition) is 4. The minimum Gasteiger partial charge on any atom is -0.484 e. The highest BCUT2D eigenvalue weighted by atomic mass is 19.4. The number of nitrogens with zero attached hydrogens (tertiary/aromatic N) is 1. The third-order valence-electron chi connectivity index (χ3n) is 5.49. The number of anilines is 3. The van der Waals surface area contributed by atoms with Gasteiger partial charge in [0, 0.05) is 18.8 Å². The number of rotatable bonds is 13. The zero-order valence-electron chi connectivity index (χ0n) is 21.5. The Bertz CT molecular complexity index is 982. The fourth-order valence-corrected chi connectivity index (χ4v) is 4.07. The lowest BCUT2D eigenvalue weighted by Gasteiger charge is -2.31. The summed E-state index contributed by atoms with van der Waals surface area (Å²) in [7, 11) is 0. The molecule has 36 heavy (non-hydrogen) atoms. The molecule has 0 heterocycles. The average Bonchev–Trinajstić information content (AvgIpc) is 2.75. The maximum Gasteiger partial charge on any atom is 0.422 e. The molecule has 9 heteroatoms. The van der Waals surface area contributed by atoms with Gasteiger partial charge in [0.2, 0.25) is 0 Å². The van der Waals surface area contributed by atoms with Gasteiger partial charge in [0.25, 0.3) is 0 Å². The first kappa shape index (κ1) is 29.3. The second-order valence-electron chi connectivity index (χ2n) is 9.85. The highest BCUT2D eigenvalue weighted by Crippen LogP contribution is 2.38. The number of nitrogens with one attached hydrogen (secondary N) is 1. The Morgan fingerprint density at radius 3 is 2.11 bits per heavy atom. The van der Waals surface area contributed by atoms with Gasteiger partial charge < -0.3 is 20.1 Å². The number of carboxylic acids is 1. The first-order valence-corrected chi connectivity index (χ1v) is 12.2. The van der Waals surface area contributed by atoms with Crippen molar-refractivity contribution in [3.63, 3.8) is 0 Å². The summed E-state index contributed by atoms with van der Waals surface area (Å²) in [5, 5.41) is 12.5. The molecule has 0 aliphatic heterocycles. The van der Waals surface area contributed by atoms with Gasteiger partial charge in [0.1, 0.15) is 11.6 Å². The largest absolute Gasteiger partial charge is 0.484 e. The number of ether oxygens (including phenoxy) is 1. The maximum atomic E-state index is 15.7. The molecule has 1 atom stereocenters. The Hall–Kier alpha value is -2.97. The molecule has 0 spiro atoms. The smallest absolute Gasteiger partial charge is 0.422 e. The summed E-state index contributed by atoms with van der Waals surface area (Å²) in [6.45, 7) is 9.88. The van der Waals surface area contributed by atoms with Gasteiger partial charge in [-0.2, -0.15) is 13.2 Å². The molecule has 2 rings (SSSR count). The lowest BCUT2D eigenvalue weighted by molar-refractivity contribution is -0.153. The molecule has 0 aromatic heterocycles. The SMILES string of the molecule is CCC(CC(=O)O)c1cc(F)c(N(CC(C)C)CC(C)C)c(Nc2ccc(OCC(F)(F)F)cc2)c1. The Balaban J connectivity index is 2.50. The van der Waals surface area contributed by atoms with Crippen molar-refractivity contribution >= 4 is 23.0 Å². The third kappa shape index (κ3) is 9.24. The molecule has 0 aliphatic carbocycles. The molecule has 0 saturated heterocycles. The zero-order valence-corrected chi connectivity index (χ0v) is 21.5. The van der Waals surface area contributed by atoms with Gasteiger partial charge in [-0.1, -0.05) is 34.6 Å². The number of alkyl halides is 3. The minimum absolute atomic E-state index is 0.0618. The molecule has 5 nitrogen and oxygen atoms in total. The molecule has 2 aromatic rings. The van der Waals surface area contributed by atoms with E-state index >= 15 is 4.39 Å². The summed E-state index contributed by atoms with van der Waals surface area (Å²) in [5.74, 6) is -1.20.